The molecule has 0 spiro atoms. The normalized spacial score (nSPS) is 15.1. The van der Waals surface area contributed by atoms with Crippen LogP contribution in [0.1, 0.15) is 415 Å². The van der Waals surface area contributed by atoms with Gasteiger partial charge in [0.05, 0.1) is 0 Å². The van der Waals surface area contributed by atoms with Crippen LogP contribution >= 0.6 is 29.1 Å². The summed E-state index contributed by atoms with van der Waals surface area (Å²) in [5.74, 6) is 0. The van der Waals surface area contributed by atoms with Crippen molar-refractivity contribution in [1.29, 1.82) is 0 Å². The fraction of sp³-hybridized carbons (Fsp3) is 1.00. The molecule has 0 amide bonds. The SMILES string of the molecule is CCCCCCCCCP(O)(O)(CCCCCCCCC)OCC(COP(O)(O)(CCCCCCCCC)CCCCCCCCC)(COP(O)(O)(CCCCCCCCC)CCCCCCCCC)COP(O)(O)(CCCCCCCCC)CCCCCCCCC. The summed E-state index contributed by atoms with van der Waals surface area (Å²) in [5, 5.41) is 0. The molecule has 0 aliphatic heterocycles. The Morgan fingerprint density at radius 1 is 0.161 bits per heavy atom. The Morgan fingerprint density at radius 2 is 0.258 bits per heavy atom. The van der Waals surface area contributed by atoms with Crippen LogP contribution in [-0.4, -0.2) is 115 Å². The molecule has 8 N–H and O–H groups in total. The van der Waals surface area contributed by atoms with Gasteiger partial charge < -0.3 is 0 Å². The van der Waals surface area contributed by atoms with Crippen LogP contribution in [0.2, 0.25) is 0 Å². The van der Waals surface area contributed by atoms with E-state index in [1.807, 2.05) is 0 Å². The van der Waals surface area contributed by atoms with Gasteiger partial charge in [-0.05, 0) is 0 Å². The van der Waals surface area contributed by atoms with E-state index in [0.29, 0.717) is 51.4 Å². The standard InChI is InChI=1S/C77H168O12P4/c1-9-17-25-33-41-49-57-65-90(78,79,66-58-50-42-34-26-18-10-2)86-73-77(74-87-91(80,81,67-59-51-43-35-27-19-11-3)68-60-52-44-36-28-20-12-4,75-88-92(82,83,69-61-53-45-37-29-21-13-5)70-62-54-46-38-30-22-14-6)76-89-93(84,85,71-63-55-47-39-31-23-15-7)72-64-56-48-40-32-24-16-8/h78-85H,9-76H2,1-8H3. The number of hydrogen-bond acceptors (Lipinski definition) is 12. The molecular weight excluding hydrogens is 1240 g/mol. The molecule has 0 aromatic rings. The predicted molar refractivity (Wildman–Crippen MR) is 415 cm³/mol. The first-order valence-corrected chi connectivity index (χ1v) is 50.8. The van der Waals surface area contributed by atoms with Crippen molar-refractivity contribution in [2.24, 2.45) is 5.41 Å². The first kappa shape index (κ1) is 94.2. The summed E-state index contributed by atoms with van der Waals surface area (Å²) < 4.78 is 28.0. The van der Waals surface area contributed by atoms with Gasteiger partial charge in [-0.2, -0.15) is 0 Å². The Balaban J connectivity index is 8.50. The summed E-state index contributed by atoms with van der Waals surface area (Å²) >= 11 is 0. The van der Waals surface area contributed by atoms with Gasteiger partial charge >= 0.3 is 582 Å². The first-order chi connectivity index (χ1) is 44.4. The number of hydrogen-bond donors (Lipinski definition) is 8. The second kappa shape index (κ2) is 55.8. The van der Waals surface area contributed by atoms with Gasteiger partial charge in [0.2, 0.25) is 0 Å². The molecule has 0 fully saturated rings. The summed E-state index contributed by atoms with van der Waals surface area (Å²) in [4.78, 5) is 106. The van der Waals surface area contributed by atoms with E-state index in [9.17, 15) is 39.1 Å². The molecule has 0 aliphatic carbocycles. The summed E-state index contributed by atoms with van der Waals surface area (Å²) in [5.41, 5.74) is -1.69. The molecule has 0 unspecified atom stereocenters. The topological polar surface area (TPSA) is 199 Å². The minimum absolute atomic E-state index is 0.0653. The van der Waals surface area contributed by atoms with Crippen molar-refractivity contribution >= 4 is 29.1 Å². The molecule has 0 rings (SSSR count). The average Bonchev–Trinajstić information content (AvgIpc) is 0.796. The monoisotopic (exact) mass is 1410 g/mol. The molecule has 0 aromatic heterocycles. The molecule has 0 saturated carbocycles. The summed E-state index contributed by atoms with van der Waals surface area (Å²) in [6, 6.07) is 0. The van der Waals surface area contributed by atoms with Crippen molar-refractivity contribution in [2.45, 2.75) is 415 Å². The third-order valence-electron chi connectivity index (χ3n) is 20.4. The van der Waals surface area contributed by atoms with Crippen LogP contribution in [0, 0.1) is 5.41 Å². The maximum absolute atomic E-state index is 13.3. The van der Waals surface area contributed by atoms with E-state index in [2.05, 4.69) is 55.4 Å². The molecule has 0 aliphatic rings. The second-order valence-corrected chi connectivity index (χ2v) is 45.6. The zero-order valence-corrected chi connectivity index (χ0v) is 67.2. The number of unbranched alkanes of at least 4 members (excludes halogenated alkanes) is 48. The van der Waals surface area contributed by atoms with E-state index < -0.39 is 61.0 Å². The molecule has 16 heteroatoms. The van der Waals surface area contributed by atoms with Crippen LogP contribution in [0.5, 0.6) is 0 Å². The van der Waals surface area contributed by atoms with Gasteiger partial charge in [-0.15, -0.1) is 0 Å². The van der Waals surface area contributed by atoms with Gasteiger partial charge in [0.15, 0.2) is 0 Å². The second-order valence-electron chi connectivity index (χ2n) is 30.6. The van der Waals surface area contributed by atoms with Crippen LogP contribution in [0.15, 0.2) is 0 Å². The fourth-order valence-corrected chi connectivity index (χ4v) is 24.5. The maximum atomic E-state index is 13.3. The van der Waals surface area contributed by atoms with E-state index in [4.69, 9.17) is 18.1 Å². The molecule has 568 valence electrons. The van der Waals surface area contributed by atoms with Crippen molar-refractivity contribution < 1.29 is 57.2 Å². The van der Waals surface area contributed by atoms with E-state index in [1.165, 1.54) is 51.4 Å². The van der Waals surface area contributed by atoms with E-state index >= 15 is 0 Å². The predicted octanol–water partition coefficient (Wildman–Crippen LogP) is 25.2. The molecule has 12 nitrogen and oxygen atoms in total. The fourth-order valence-electron chi connectivity index (χ4n) is 13.5. The molecule has 0 heterocycles. The van der Waals surface area contributed by atoms with E-state index in [0.717, 1.165) is 257 Å². The summed E-state index contributed by atoms with van der Waals surface area (Å²) in [7, 11) is -20.2. The van der Waals surface area contributed by atoms with Crippen LogP contribution in [0.25, 0.3) is 0 Å². The Bertz CT molecular complexity index is 1350. The van der Waals surface area contributed by atoms with E-state index in [1.54, 1.807) is 0 Å². The minimum atomic E-state index is -5.06. The zero-order chi connectivity index (χ0) is 69.2. The van der Waals surface area contributed by atoms with Crippen LogP contribution in [0.3, 0.4) is 0 Å². The van der Waals surface area contributed by atoms with Gasteiger partial charge in [0.1, 0.15) is 0 Å². The zero-order valence-electron chi connectivity index (χ0n) is 63.6. The Hall–Kier alpha value is 1.24. The molecule has 0 saturated heterocycles. The Kier molecular flexibility index (Phi) is 56.5. The van der Waals surface area contributed by atoms with Crippen molar-refractivity contribution in [3.8, 4) is 0 Å². The van der Waals surface area contributed by atoms with Crippen molar-refractivity contribution in [3.63, 3.8) is 0 Å². The Morgan fingerprint density at radius 3 is 0.366 bits per heavy atom. The molecule has 93 heavy (non-hydrogen) atoms. The molecule has 0 radical (unpaired) electrons. The summed E-state index contributed by atoms with van der Waals surface area (Å²) in [6.45, 7) is 15.9. The van der Waals surface area contributed by atoms with Gasteiger partial charge in [0.25, 0.3) is 0 Å². The van der Waals surface area contributed by atoms with Gasteiger partial charge in [0, 0.05) is 0 Å². The van der Waals surface area contributed by atoms with Crippen LogP contribution in [-0.2, 0) is 18.1 Å². The van der Waals surface area contributed by atoms with Gasteiger partial charge in [-0.1, -0.05) is 0 Å². The Labute approximate surface area is 579 Å². The van der Waals surface area contributed by atoms with Crippen molar-refractivity contribution in [1.82, 2.24) is 0 Å². The van der Waals surface area contributed by atoms with Gasteiger partial charge in [-0.3, -0.25) is 0 Å². The summed E-state index contributed by atoms with van der Waals surface area (Å²) in [6.07, 6.45) is 55.9. The molecule has 0 aromatic carbocycles. The quantitative estimate of drug-likeness (QED) is 0.0212. The van der Waals surface area contributed by atoms with Crippen molar-refractivity contribution in [2.75, 3.05) is 75.7 Å². The molecule has 0 bridgehead atoms. The van der Waals surface area contributed by atoms with Crippen LogP contribution in [0.4, 0.5) is 0 Å². The number of rotatable bonds is 76. The van der Waals surface area contributed by atoms with Crippen LogP contribution < -0.4 is 0 Å². The molecule has 0 atom stereocenters. The third-order valence-corrected chi connectivity index (χ3v) is 33.0. The molecular formula is C77H168O12P4. The average molecular weight is 1410 g/mol. The first-order valence-electron chi connectivity index (χ1n) is 41.1. The third kappa shape index (κ3) is 52.8. The van der Waals surface area contributed by atoms with Gasteiger partial charge in [-0.25, -0.2) is 0 Å². The van der Waals surface area contributed by atoms with Crippen molar-refractivity contribution in [3.05, 3.63) is 0 Å². The van der Waals surface area contributed by atoms with E-state index in [-0.39, 0.29) is 49.3 Å².